The molecular formula is C8H2Cl4N2O2S. The van der Waals surface area contributed by atoms with Crippen LogP contribution in [0.15, 0.2) is 17.0 Å². The summed E-state index contributed by atoms with van der Waals surface area (Å²) in [6.45, 7) is 0. The molecule has 0 aliphatic rings. The molecule has 1 aromatic heterocycles. The summed E-state index contributed by atoms with van der Waals surface area (Å²) in [4.78, 5) is 7.30. The van der Waals surface area contributed by atoms with Crippen molar-refractivity contribution in [3.63, 3.8) is 0 Å². The maximum Gasteiger partial charge on any atom is 0.262 e. The zero-order valence-electron chi connectivity index (χ0n) is 7.79. The van der Waals surface area contributed by atoms with Crippen molar-refractivity contribution < 1.29 is 8.42 Å². The van der Waals surface area contributed by atoms with Gasteiger partial charge in [-0.15, -0.1) is 0 Å². The van der Waals surface area contributed by atoms with Gasteiger partial charge >= 0.3 is 0 Å². The van der Waals surface area contributed by atoms with E-state index >= 15 is 0 Å². The second-order valence-corrected chi connectivity index (χ2v) is 6.66. The van der Waals surface area contributed by atoms with Crippen molar-refractivity contribution in [2.24, 2.45) is 0 Å². The molecule has 0 saturated heterocycles. The maximum atomic E-state index is 11.2. The van der Waals surface area contributed by atoms with Crippen LogP contribution in [0, 0.1) is 0 Å². The van der Waals surface area contributed by atoms with Crippen LogP contribution in [0.4, 0.5) is 0 Å². The Kier molecular flexibility index (Phi) is 3.40. The molecule has 0 unspecified atom stereocenters. The molecule has 0 bridgehead atoms. The average molecular weight is 332 g/mol. The molecular weight excluding hydrogens is 330 g/mol. The summed E-state index contributed by atoms with van der Waals surface area (Å²) < 4.78 is 22.5. The van der Waals surface area contributed by atoms with Crippen LogP contribution in [0.25, 0.3) is 10.9 Å². The summed E-state index contributed by atoms with van der Waals surface area (Å²) >= 11 is 17.2. The van der Waals surface area contributed by atoms with Gasteiger partial charge < -0.3 is 0 Å². The van der Waals surface area contributed by atoms with Crippen molar-refractivity contribution in [2.45, 2.75) is 4.90 Å². The van der Waals surface area contributed by atoms with Crippen molar-refractivity contribution in [3.8, 4) is 0 Å². The van der Waals surface area contributed by atoms with E-state index in [4.69, 9.17) is 45.5 Å². The van der Waals surface area contributed by atoms with Gasteiger partial charge in [0, 0.05) is 16.1 Å². The van der Waals surface area contributed by atoms with Gasteiger partial charge in [0.2, 0.25) is 5.28 Å². The SMILES string of the molecule is O=S(=O)(Cl)c1cc2nc(Cl)nc(Cl)c2cc1Cl. The Morgan fingerprint density at radius 3 is 2.29 bits per heavy atom. The average Bonchev–Trinajstić information content (AvgIpc) is 2.16. The fraction of sp³-hybridized carbons (Fsp3) is 0. The third-order valence-electron chi connectivity index (χ3n) is 1.94. The molecule has 0 spiro atoms. The number of hydrogen-bond donors (Lipinski definition) is 0. The van der Waals surface area contributed by atoms with Crippen molar-refractivity contribution in [3.05, 3.63) is 27.6 Å². The van der Waals surface area contributed by atoms with E-state index in [1.165, 1.54) is 12.1 Å². The van der Waals surface area contributed by atoms with E-state index in [-0.39, 0.29) is 25.9 Å². The Morgan fingerprint density at radius 2 is 1.71 bits per heavy atom. The van der Waals surface area contributed by atoms with Gasteiger partial charge in [0.15, 0.2) is 0 Å². The molecule has 0 atom stereocenters. The topological polar surface area (TPSA) is 59.9 Å². The molecule has 0 fully saturated rings. The van der Waals surface area contributed by atoms with Crippen LogP contribution in [0.1, 0.15) is 0 Å². The number of hydrogen-bond acceptors (Lipinski definition) is 4. The largest absolute Gasteiger partial charge is 0.262 e. The van der Waals surface area contributed by atoms with Gasteiger partial charge in [0.25, 0.3) is 9.05 Å². The second-order valence-electron chi connectivity index (χ2n) is 3.02. The van der Waals surface area contributed by atoms with Gasteiger partial charge in [0.1, 0.15) is 10.0 Å². The highest BCUT2D eigenvalue weighted by molar-refractivity contribution is 8.13. The van der Waals surface area contributed by atoms with Gasteiger partial charge in [-0.25, -0.2) is 18.4 Å². The molecule has 9 heteroatoms. The van der Waals surface area contributed by atoms with Crippen LogP contribution in [0.5, 0.6) is 0 Å². The minimum absolute atomic E-state index is 0.0553. The lowest BCUT2D eigenvalue weighted by Crippen LogP contribution is -1.94. The Balaban J connectivity index is 2.90. The molecule has 0 radical (unpaired) electrons. The zero-order valence-corrected chi connectivity index (χ0v) is 11.6. The molecule has 17 heavy (non-hydrogen) atoms. The Hall–Kier alpha value is -0.330. The lowest BCUT2D eigenvalue weighted by molar-refractivity contribution is 0.609. The Bertz CT molecular complexity index is 717. The number of rotatable bonds is 1. The van der Waals surface area contributed by atoms with Gasteiger partial charge in [0.05, 0.1) is 10.5 Å². The van der Waals surface area contributed by atoms with E-state index < -0.39 is 9.05 Å². The van der Waals surface area contributed by atoms with Crippen LogP contribution >= 0.6 is 45.5 Å². The molecule has 0 aliphatic heterocycles. The summed E-state index contributed by atoms with van der Waals surface area (Å²) in [6.07, 6.45) is 0. The number of aromatic nitrogens is 2. The molecule has 2 rings (SSSR count). The predicted molar refractivity (Wildman–Crippen MR) is 67.6 cm³/mol. The first kappa shape index (κ1) is 13.1. The minimum Gasteiger partial charge on any atom is -0.218 e. The summed E-state index contributed by atoms with van der Waals surface area (Å²) in [5.74, 6) is 0. The van der Waals surface area contributed by atoms with Crippen molar-refractivity contribution in [2.75, 3.05) is 0 Å². The lowest BCUT2D eigenvalue weighted by Gasteiger charge is -2.04. The predicted octanol–water partition coefficient (Wildman–Crippen LogP) is 3.52. The summed E-state index contributed by atoms with van der Waals surface area (Å²) in [6, 6.07) is 2.52. The van der Waals surface area contributed by atoms with E-state index in [1.807, 2.05) is 0 Å². The molecule has 90 valence electrons. The van der Waals surface area contributed by atoms with E-state index in [0.29, 0.717) is 5.39 Å². The standard InChI is InChI=1S/C8H2Cl4N2O2S/c9-4-1-3-5(2-6(4)17(12,15)16)13-8(11)14-7(3)10/h1-2H. The number of benzene rings is 1. The molecule has 0 amide bonds. The Morgan fingerprint density at radius 1 is 1.06 bits per heavy atom. The fourth-order valence-corrected chi connectivity index (χ4v) is 3.22. The number of nitrogens with zero attached hydrogens (tertiary/aromatic N) is 2. The van der Waals surface area contributed by atoms with Crippen LogP contribution in [-0.2, 0) is 9.05 Å². The van der Waals surface area contributed by atoms with Gasteiger partial charge in [-0.1, -0.05) is 23.2 Å². The quantitative estimate of drug-likeness (QED) is 0.455. The van der Waals surface area contributed by atoms with Gasteiger partial charge in [-0.05, 0) is 23.7 Å². The number of fused-ring (bicyclic) bond motifs is 1. The minimum atomic E-state index is -3.96. The van der Waals surface area contributed by atoms with Crippen molar-refractivity contribution in [1.29, 1.82) is 0 Å². The smallest absolute Gasteiger partial charge is 0.218 e. The van der Waals surface area contributed by atoms with Crippen LogP contribution < -0.4 is 0 Å². The maximum absolute atomic E-state index is 11.2. The van der Waals surface area contributed by atoms with Gasteiger partial charge in [-0.2, -0.15) is 0 Å². The molecule has 0 N–H and O–H groups in total. The van der Waals surface area contributed by atoms with E-state index in [2.05, 4.69) is 9.97 Å². The normalized spacial score (nSPS) is 12.0. The van der Waals surface area contributed by atoms with Crippen molar-refractivity contribution >= 4 is 65.4 Å². The zero-order chi connectivity index (χ0) is 12.8. The van der Waals surface area contributed by atoms with E-state index in [9.17, 15) is 8.42 Å². The first-order chi connectivity index (χ1) is 7.79. The third kappa shape index (κ3) is 2.58. The summed E-state index contributed by atoms with van der Waals surface area (Å²) in [7, 11) is 1.27. The van der Waals surface area contributed by atoms with Crippen LogP contribution in [-0.4, -0.2) is 18.4 Å². The Labute approximate surface area is 116 Å². The lowest BCUT2D eigenvalue weighted by atomic mass is 10.2. The first-order valence-electron chi connectivity index (χ1n) is 4.06. The molecule has 1 aromatic carbocycles. The molecule has 4 nitrogen and oxygen atoms in total. The first-order valence-corrected chi connectivity index (χ1v) is 7.50. The highest BCUT2D eigenvalue weighted by Crippen LogP contribution is 2.32. The molecule has 2 aromatic rings. The third-order valence-corrected chi connectivity index (χ3v) is 4.18. The van der Waals surface area contributed by atoms with E-state index in [0.717, 1.165) is 0 Å². The van der Waals surface area contributed by atoms with E-state index in [1.54, 1.807) is 0 Å². The summed E-state index contributed by atoms with van der Waals surface area (Å²) in [5, 5.41) is 0.327. The highest BCUT2D eigenvalue weighted by Gasteiger charge is 2.17. The molecule has 0 saturated carbocycles. The number of halogens is 4. The highest BCUT2D eigenvalue weighted by atomic mass is 35.7. The summed E-state index contributed by atoms with van der Waals surface area (Å²) in [5.41, 5.74) is 0.249. The second kappa shape index (κ2) is 4.40. The van der Waals surface area contributed by atoms with Gasteiger partial charge in [-0.3, -0.25) is 0 Å². The molecule has 0 aliphatic carbocycles. The monoisotopic (exact) mass is 330 g/mol. The van der Waals surface area contributed by atoms with Crippen molar-refractivity contribution in [1.82, 2.24) is 9.97 Å². The van der Waals surface area contributed by atoms with Crippen LogP contribution in [0.2, 0.25) is 15.5 Å². The fourth-order valence-electron chi connectivity index (χ4n) is 1.25. The van der Waals surface area contributed by atoms with Crippen LogP contribution in [0.3, 0.4) is 0 Å². The molecule has 1 heterocycles.